The minimum absolute atomic E-state index is 0.330. The minimum atomic E-state index is 0.330. The van der Waals surface area contributed by atoms with Crippen molar-refractivity contribution in [3.8, 4) is 11.6 Å². The van der Waals surface area contributed by atoms with E-state index in [0.29, 0.717) is 23.4 Å². The molecule has 0 saturated heterocycles. The van der Waals surface area contributed by atoms with Crippen LogP contribution in [-0.4, -0.2) is 9.97 Å². The number of ether oxygens (including phenoxy) is 1. The van der Waals surface area contributed by atoms with Crippen molar-refractivity contribution in [1.82, 2.24) is 9.97 Å². The van der Waals surface area contributed by atoms with Crippen LogP contribution < -0.4 is 4.74 Å². The van der Waals surface area contributed by atoms with E-state index >= 15 is 0 Å². The third kappa shape index (κ3) is 3.20. The van der Waals surface area contributed by atoms with Crippen LogP contribution in [0.15, 0.2) is 36.7 Å². The first kappa shape index (κ1) is 12.8. The van der Waals surface area contributed by atoms with E-state index in [1.165, 1.54) is 5.56 Å². The molecule has 0 aliphatic rings. The number of nitrogens with zero attached hydrogens (tertiary/aromatic N) is 2. The zero-order valence-corrected chi connectivity index (χ0v) is 11.2. The van der Waals surface area contributed by atoms with Crippen molar-refractivity contribution >= 4 is 11.6 Å². The van der Waals surface area contributed by atoms with Gasteiger partial charge in [0.15, 0.2) is 0 Å². The molecule has 3 nitrogen and oxygen atoms in total. The summed E-state index contributed by atoms with van der Waals surface area (Å²) in [4.78, 5) is 8.25. The summed E-state index contributed by atoms with van der Waals surface area (Å²) < 4.78 is 5.62. The van der Waals surface area contributed by atoms with Crippen LogP contribution in [0, 0.1) is 0 Å². The van der Waals surface area contributed by atoms with Crippen LogP contribution in [0.25, 0.3) is 0 Å². The van der Waals surface area contributed by atoms with E-state index in [-0.39, 0.29) is 0 Å². The Morgan fingerprint density at radius 3 is 2.50 bits per heavy atom. The predicted molar refractivity (Wildman–Crippen MR) is 72.2 cm³/mol. The zero-order chi connectivity index (χ0) is 13.0. The Labute approximate surface area is 112 Å². The molecule has 1 heterocycles. The minimum Gasteiger partial charge on any atom is -0.437 e. The quantitative estimate of drug-likeness (QED) is 0.777. The molecule has 94 valence electrons. The summed E-state index contributed by atoms with van der Waals surface area (Å²) in [5.41, 5.74) is 1.98. The molecule has 1 aromatic heterocycles. The van der Waals surface area contributed by atoms with Crippen LogP contribution in [0.5, 0.6) is 11.6 Å². The number of hydrogen-bond donors (Lipinski definition) is 0. The molecule has 18 heavy (non-hydrogen) atoms. The largest absolute Gasteiger partial charge is 0.437 e. The Balaban J connectivity index is 2.13. The molecule has 0 atom stereocenters. The second kappa shape index (κ2) is 5.83. The van der Waals surface area contributed by atoms with Crippen molar-refractivity contribution < 1.29 is 4.74 Å². The smallest absolute Gasteiger partial charge is 0.238 e. The zero-order valence-electron chi connectivity index (χ0n) is 10.4. The van der Waals surface area contributed by atoms with Gasteiger partial charge in [-0.25, -0.2) is 4.98 Å². The van der Waals surface area contributed by atoms with Crippen molar-refractivity contribution in [3.05, 3.63) is 47.9 Å². The van der Waals surface area contributed by atoms with Gasteiger partial charge in [-0.2, -0.15) is 0 Å². The van der Waals surface area contributed by atoms with Gasteiger partial charge in [-0.15, -0.1) is 11.6 Å². The topological polar surface area (TPSA) is 35.0 Å². The van der Waals surface area contributed by atoms with E-state index in [4.69, 9.17) is 16.3 Å². The predicted octanol–water partition coefficient (Wildman–Crippen LogP) is 4.13. The highest BCUT2D eigenvalue weighted by molar-refractivity contribution is 6.16. The summed E-state index contributed by atoms with van der Waals surface area (Å²) in [5, 5.41) is 0. The fourth-order valence-corrected chi connectivity index (χ4v) is 1.67. The van der Waals surface area contributed by atoms with Gasteiger partial charge in [-0.05, 0) is 23.6 Å². The van der Waals surface area contributed by atoms with Crippen LogP contribution in [0.4, 0.5) is 0 Å². The lowest BCUT2D eigenvalue weighted by molar-refractivity contribution is 0.458. The molecule has 1 aromatic carbocycles. The number of rotatable bonds is 4. The Morgan fingerprint density at radius 2 is 1.89 bits per heavy atom. The molecule has 0 spiro atoms. The Kier molecular flexibility index (Phi) is 4.15. The SMILES string of the molecule is CC(C)c1ccc(Oc2cncc(CCl)n2)cc1. The number of alkyl halides is 1. The first-order valence-corrected chi connectivity index (χ1v) is 6.37. The van der Waals surface area contributed by atoms with E-state index in [0.717, 1.165) is 5.75 Å². The van der Waals surface area contributed by atoms with Gasteiger partial charge in [0.1, 0.15) is 5.75 Å². The lowest BCUT2D eigenvalue weighted by atomic mass is 10.0. The monoisotopic (exact) mass is 262 g/mol. The van der Waals surface area contributed by atoms with E-state index in [9.17, 15) is 0 Å². The summed E-state index contributed by atoms with van der Waals surface area (Å²) in [6, 6.07) is 7.98. The Morgan fingerprint density at radius 1 is 1.17 bits per heavy atom. The molecule has 0 fully saturated rings. The number of benzene rings is 1. The molecule has 2 aromatic rings. The molecular weight excluding hydrogens is 248 g/mol. The molecule has 0 aliphatic carbocycles. The maximum Gasteiger partial charge on any atom is 0.238 e. The van der Waals surface area contributed by atoms with Crippen molar-refractivity contribution in [3.63, 3.8) is 0 Å². The molecule has 0 radical (unpaired) electrons. The van der Waals surface area contributed by atoms with Gasteiger partial charge in [0, 0.05) is 6.20 Å². The van der Waals surface area contributed by atoms with Gasteiger partial charge >= 0.3 is 0 Å². The highest BCUT2D eigenvalue weighted by atomic mass is 35.5. The van der Waals surface area contributed by atoms with Crippen molar-refractivity contribution in [2.24, 2.45) is 0 Å². The summed E-state index contributed by atoms with van der Waals surface area (Å²) in [6.45, 7) is 4.32. The maximum absolute atomic E-state index is 5.70. The molecule has 0 unspecified atom stereocenters. The van der Waals surface area contributed by atoms with Crippen LogP contribution in [0.3, 0.4) is 0 Å². The van der Waals surface area contributed by atoms with Crippen molar-refractivity contribution in [1.29, 1.82) is 0 Å². The second-order valence-electron chi connectivity index (χ2n) is 4.31. The standard InChI is InChI=1S/C14H15ClN2O/c1-10(2)11-3-5-13(6-4-11)18-14-9-16-8-12(7-15)17-14/h3-6,8-10H,7H2,1-2H3. The third-order valence-electron chi connectivity index (χ3n) is 2.57. The van der Waals surface area contributed by atoms with Gasteiger partial charge < -0.3 is 4.74 Å². The van der Waals surface area contributed by atoms with Gasteiger partial charge in [0.05, 0.1) is 17.8 Å². The van der Waals surface area contributed by atoms with E-state index in [2.05, 4.69) is 35.9 Å². The molecular formula is C14H15ClN2O. The second-order valence-corrected chi connectivity index (χ2v) is 4.58. The molecule has 0 N–H and O–H groups in total. The van der Waals surface area contributed by atoms with Gasteiger partial charge in [0.2, 0.25) is 5.88 Å². The van der Waals surface area contributed by atoms with Gasteiger partial charge in [-0.3, -0.25) is 4.98 Å². The molecule has 0 aliphatic heterocycles. The molecule has 0 amide bonds. The summed E-state index contributed by atoms with van der Waals surface area (Å²) in [5.74, 6) is 2.06. The Hall–Kier alpha value is -1.61. The van der Waals surface area contributed by atoms with Gasteiger partial charge in [-0.1, -0.05) is 26.0 Å². The number of aromatic nitrogens is 2. The van der Waals surface area contributed by atoms with Gasteiger partial charge in [0.25, 0.3) is 0 Å². The van der Waals surface area contributed by atoms with Crippen LogP contribution in [0.1, 0.15) is 31.0 Å². The average molecular weight is 263 g/mol. The average Bonchev–Trinajstić information content (AvgIpc) is 2.39. The maximum atomic E-state index is 5.70. The van der Waals surface area contributed by atoms with Crippen LogP contribution in [0.2, 0.25) is 0 Å². The van der Waals surface area contributed by atoms with Crippen molar-refractivity contribution in [2.45, 2.75) is 25.6 Å². The third-order valence-corrected chi connectivity index (χ3v) is 2.84. The first-order valence-electron chi connectivity index (χ1n) is 5.83. The lowest BCUT2D eigenvalue weighted by Gasteiger charge is -2.08. The molecule has 0 saturated carbocycles. The fourth-order valence-electron chi connectivity index (χ4n) is 1.54. The van der Waals surface area contributed by atoms with Crippen LogP contribution in [-0.2, 0) is 5.88 Å². The van der Waals surface area contributed by atoms with E-state index in [1.54, 1.807) is 12.4 Å². The summed E-state index contributed by atoms with van der Waals surface area (Å²) in [7, 11) is 0. The molecule has 2 rings (SSSR count). The van der Waals surface area contributed by atoms with E-state index < -0.39 is 0 Å². The number of hydrogen-bond acceptors (Lipinski definition) is 3. The summed E-state index contributed by atoms with van der Waals surface area (Å²) in [6.07, 6.45) is 3.20. The number of halogens is 1. The molecule has 4 heteroatoms. The lowest BCUT2D eigenvalue weighted by Crippen LogP contribution is -1.93. The first-order chi connectivity index (χ1) is 8.69. The summed E-state index contributed by atoms with van der Waals surface area (Å²) >= 11 is 5.70. The normalized spacial score (nSPS) is 10.7. The Bertz CT molecular complexity index is 511. The van der Waals surface area contributed by atoms with Crippen molar-refractivity contribution in [2.75, 3.05) is 0 Å². The highest BCUT2D eigenvalue weighted by Crippen LogP contribution is 2.22. The van der Waals surface area contributed by atoms with Crippen LogP contribution >= 0.6 is 11.6 Å². The highest BCUT2D eigenvalue weighted by Gasteiger charge is 2.03. The fraction of sp³-hybridized carbons (Fsp3) is 0.286. The molecule has 0 bridgehead atoms. The van der Waals surface area contributed by atoms with E-state index in [1.807, 2.05) is 12.1 Å².